The summed E-state index contributed by atoms with van der Waals surface area (Å²) in [6, 6.07) is 3.75. The van der Waals surface area contributed by atoms with Crippen molar-refractivity contribution in [2.75, 3.05) is 31.6 Å². The molecule has 1 saturated heterocycles. The molecule has 0 aliphatic carbocycles. The van der Waals surface area contributed by atoms with Crippen molar-refractivity contribution in [3.63, 3.8) is 0 Å². The van der Waals surface area contributed by atoms with Gasteiger partial charge in [-0.25, -0.2) is 0 Å². The number of morpholine rings is 1. The van der Waals surface area contributed by atoms with Crippen LogP contribution in [0.4, 0.5) is 5.82 Å². The van der Waals surface area contributed by atoms with Crippen molar-refractivity contribution in [1.29, 1.82) is 0 Å². The molecule has 1 aliphatic heterocycles. The maximum atomic E-state index is 5.53. The van der Waals surface area contributed by atoms with Gasteiger partial charge in [0.2, 0.25) is 0 Å². The number of hydrogen-bond donors (Lipinski definition) is 2. The molecular formula is C9H14N4O. The highest BCUT2D eigenvalue weighted by Crippen LogP contribution is 2.01. The van der Waals surface area contributed by atoms with Gasteiger partial charge in [0.25, 0.3) is 0 Å². The topological polar surface area (TPSA) is 59.1 Å². The van der Waals surface area contributed by atoms with Crippen molar-refractivity contribution in [3.05, 3.63) is 18.3 Å². The second kappa shape index (κ2) is 4.88. The first-order valence-electron chi connectivity index (χ1n) is 4.79. The number of rotatable bonds is 3. The molecular weight excluding hydrogens is 180 g/mol. The van der Waals surface area contributed by atoms with Crippen molar-refractivity contribution >= 4 is 5.82 Å². The van der Waals surface area contributed by atoms with Crippen LogP contribution in [0.25, 0.3) is 0 Å². The maximum absolute atomic E-state index is 5.53. The molecule has 0 bridgehead atoms. The fourth-order valence-corrected chi connectivity index (χ4v) is 1.37. The number of ether oxygens (including phenoxy) is 1. The minimum atomic E-state index is 0.228. The van der Waals surface area contributed by atoms with E-state index < -0.39 is 0 Å². The summed E-state index contributed by atoms with van der Waals surface area (Å²) in [5, 5.41) is 14.2. The molecule has 0 saturated carbocycles. The van der Waals surface area contributed by atoms with Crippen LogP contribution in [-0.2, 0) is 4.74 Å². The molecule has 2 rings (SSSR count). The van der Waals surface area contributed by atoms with E-state index in [1.54, 1.807) is 6.20 Å². The molecule has 0 spiro atoms. The standard InChI is InChI=1S/C9H14N4O/c1-2-9(13-12-3-1)11-7-8-6-10-4-5-14-8/h1-3,8,10H,4-7H2,(H,11,13)/t8-/m1/s1. The molecule has 1 aromatic heterocycles. The molecule has 0 aromatic carbocycles. The van der Waals surface area contributed by atoms with Crippen LogP contribution in [0.5, 0.6) is 0 Å². The Balaban J connectivity index is 1.76. The average Bonchev–Trinajstić information content (AvgIpc) is 2.29. The third-order valence-corrected chi connectivity index (χ3v) is 2.09. The van der Waals surface area contributed by atoms with Crippen molar-refractivity contribution < 1.29 is 4.74 Å². The molecule has 1 aliphatic rings. The van der Waals surface area contributed by atoms with Crippen molar-refractivity contribution in [1.82, 2.24) is 15.5 Å². The second-order valence-electron chi connectivity index (χ2n) is 3.19. The molecule has 5 heteroatoms. The predicted octanol–water partition coefficient (Wildman–Crippen LogP) is -0.123. The normalized spacial score (nSPS) is 21.9. The zero-order chi connectivity index (χ0) is 9.64. The summed E-state index contributed by atoms with van der Waals surface area (Å²) in [6.07, 6.45) is 1.88. The van der Waals surface area contributed by atoms with E-state index in [4.69, 9.17) is 4.74 Å². The van der Waals surface area contributed by atoms with Crippen LogP contribution in [0, 0.1) is 0 Å². The Labute approximate surface area is 82.9 Å². The molecule has 5 nitrogen and oxygen atoms in total. The first kappa shape index (κ1) is 9.36. The highest BCUT2D eigenvalue weighted by Gasteiger charge is 2.12. The summed E-state index contributed by atoms with van der Waals surface area (Å²) in [4.78, 5) is 0. The zero-order valence-electron chi connectivity index (χ0n) is 7.94. The number of anilines is 1. The zero-order valence-corrected chi connectivity index (χ0v) is 7.94. The molecule has 2 heterocycles. The Morgan fingerprint density at radius 1 is 1.64 bits per heavy atom. The highest BCUT2D eigenvalue weighted by molar-refractivity contribution is 5.31. The lowest BCUT2D eigenvalue weighted by Gasteiger charge is -2.23. The second-order valence-corrected chi connectivity index (χ2v) is 3.19. The van der Waals surface area contributed by atoms with Gasteiger partial charge in [0.1, 0.15) is 5.82 Å². The fraction of sp³-hybridized carbons (Fsp3) is 0.556. The Morgan fingerprint density at radius 2 is 2.64 bits per heavy atom. The highest BCUT2D eigenvalue weighted by atomic mass is 16.5. The van der Waals surface area contributed by atoms with Crippen LogP contribution in [0.2, 0.25) is 0 Å². The Kier molecular flexibility index (Phi) is 3.26. The lowest BCUT2D eigenvalue weighted by Crippen LogP contribution is -2.42. The third kappa shape index (κ3) is 2.65. The van der Waals surface area contributed by atoms with E-state index in [9.17, 15) is 0 Å². The van der Waals surface area contributed by atoms with Crippen LogP contribution >= 0.6 is 0 Å². The van der Waals surface area contributed by atoms with Crippen molar-refractivity contribution in [3.8, 4) is 0 Å². The van der Waals surface area contributed by atoms with E-state index in [1.165, 1.54) is 0 Å². The Bertz CT molecular complexity index is 261. The van der Waals surface area contributed by atoms with E-state index in [1.807, 2.05) is 12.1 Å². The lowest BCUT2D eigenvalue weighted by atomic mass is 10.3. The van der Waals surface area contributed by atoms with Gasteiger partial charge in [-0.15, -0.1) is 5.10 Å². The summed E-state index contributed by atoms with van der Waals surface area (Å²) >= 11 is 0. The molecule has 0 radical (unpaired) electrons. The van der Waals surface area contributed by atoms with Crippen LogP contribution in [0.15, 0.2) is 18.3 Å². The molecule has 1 aromatic rings. The van der Waals surface area contributed by atoms with Gasteiger partial charge in [0.15, 0.2) is 0 Å². The fourth-order valence-electron chi connectivity index (χ4n) is 1.37. The number of aromatic nitrogens is 2. The summed E-state index contributed by atoms with van der Waals surface area (Å²) in [5.74, 6) is 0.793. The van der Waals surface area contributed by atoms with E-state index in [-0.39, 0.29) is 6.10 Å². The monoisotopic (exact) mass is 194 g/mol. The van der Waals surface area contributed by atoms with Gasteiger partial charge in [-0.2, -0.15) is 5.10 Å². The lowest BCUT2D eigenvalue weighted by molar-refractivity contribution is 0.0372. The van der Waals surface area contributed by atoms with Crippen LogP contribution in [-0.4, -0.2) is 42.5 Å². The van der Waals surface area contributed by atoms with Gasteiger partial charge in [0, 0.05) is 25.8 Å². The van der Waals surface area contributed by atoms with E-state index in [0.29, 0.717) is 0 Å². The molecule has 76 valence electrons. The summed E-state index contributed by atoms with van der Waals surface area (Å²) in [7, 11) is 0. The molecule has 2 N–H and O–H groups in total. The molecule has 1 atom stereocenters. The van der Waals surface area contributed by atoms with Gasteiger partial charge < -0.3 is 15.4 Å². The van der Waals surface area contributed by atoms with E-state index in [2.05, 4.69) is 20.8 Å². The average molecular weight is 194 g/mol. The van der Waals surface area contributed by atoms with E-state index >= 15 is 0 Å². The largest absolute Gasteiger partial charge is 0.374 e. The Morgan fingerprint density at radius 3 is 3.36 bits per heavy atom. The minimum Gasteiger partial charge on any atom is -0.374 e. The smallest absolute Gasteiger partial charge is 0.148 e. The number of hydrogen-bond acceptors (Lipinski definition) is 5. The van der Waals surface area contributed by atoms with Crippen molar-refractivity contribution in [2.45, 2.75) is 6.10 Å². The minimum absolute atomic E-state index is 0.228. The van der Waals surface area contributed by atoms with Gasteiger partial charge in [-0.1, -0.05) is 0 Å². The van der Waals surface area contributed by atoms with Gasteiger partial charge >= 0.3 is 0 Å². The summed E-state index contributed by atoms with van der Waals surface area (Å²) in [5.41, 5.74) is 0. The van der Waals surface area contributed by atoms with Gasteiger partial charge in [0.05, 0.1) is 12.7 Å². The van der Waals surface area contributed by atoms with Gasteiger partial charge in [-0.3, -0.25) is 0 Å². The molecule has 0 amide bonds. The summed E-state index contributed by atoms with van der Waals surface area (Å²) < 4.78 is 5.53. The molecule has 14 heavy (non-hydrogen) atoms. The third-order valence-electron chi connectivity index (χ3n) is 2.09. The quantitative estimate of drug-likeness (QED) is 0.702. The van der Waals surface area contributed by atoms with Crippen LogP contribution < -0.4 is 10.6 Å². The van der Waals surface area contributed by atoms with Gasteiger partial charge in [-0.05, 0) is 12.1 Å². The summed E-state index contributed by atoms with van der Waals surface area (Å²) in [6.45, 7) is 3.40. The van der Waals surface area contributed by atoms with Crippen LogP contribution in [0.1, 0.15) is 0 Å². The predicted molar refractivity (Wildman–Crippen MR) is 53.1 cm³/mol. The number of nitrogens with zero attached hydrogens (tertiary/aromatic N) is 2. The first-order valence-corrected chi connectivity index (χ1v) is 4.79. The maximum Gasteiger partial charge on any atom is 0.148 e. The Hall–Kier alpha value is -1.20. The molecule has 0 unspecified atom stereocenters. The van der Waals surface area contributed by atoms with E-state index in [0.717, 1.165) is 32.1 Å². The van der Waals surface area contributed by atoms with Crippen LogP contribution in [0.3, 0.4) is 0 Å². The number of nitrogens with one attached hydrogen (secondary N) is 2. The molecule has 1 fully saturated rings. The van der Waals surface area contributed by atoms with Crippen molar-refractivity contribution in [2.24, 2.45) is 0 Å². The SMILES string of the molecule is c1cnnc(NC[C@H]2CNCCO2)c1. The first-order chi connectivity index (χ1) is 6.95.